The Labute approximate surface area is 109 Å². The van der Waals surface area contributed by atoms with Gasteiger partial charge in [-0.1, -0.05) is 28.1 Å². The van der Waals surface area contributed by atoms with E-state index < -0.39 is 5.97 Å². The molecule has 3 atom stereocenters. The summed E-state index contributed by atoms with van der Waals surface area (Å²) in [6, 6.07) is 8.39. The largest absolute Gasteiger partial charge is 0.481 e. The minimum atomic E-state index is -0.685. The zero-order valence-corrected chi connectivity index (χ0v) is 11.3. The number of nitrogens with one attached hydrogen (secondary N) is 1. The highest BCUT2D eigenvalue weighted by Crippen LogP contribution is 2.30. The minimum Gasteiger partial charge on any atom is -0.481 e. The van der Waals surface area contributed by atoms with Gasteiger partial charge in [-0.3, -0.25) is 4.79 Å². The van der Waals surface area contributed by atoms with Crippen molar-refractivity contribution in [3.63, 3.8) is 0 Å². The highest BCUT2D eigenvalue weighted by Gasteiger charge is 2.37. The standard InChI is InChI=1S/C13H16BrNO2/c1-8(9-3-2-4-10(14)7-9)15-12-6-5-11(12)13(16)17/h2-4,7-8,11-12,15H,5-6H2,1H3,(H,16,17)/t8-,11?,12?/m1/s1. The van der Waals surface area contributed by atoms with Crippen molar-refractivity contribution in [3.05, 3.63) is 34.3 Å². The number of benzene rings is 1. The number of carboxylic acid groups (broad SMARTS) is 1. The topological polar surface area (TPSA) is 49.3 Å². The van der Waals surface area contributed by atoms with Crippen molar-refractivity contribution in [1.82, 2.24) is 5.32 Å². The molecule has 0 amide bonds. The summed E-state index contributed by atoms with van der Waals surface area (Å²) in [5.41, 5.74) is 1.18. The minimum absolute atomic E-state index is 0.112. The zero-order chi connectivity index (χ0) is 12.4. The van der Waals surface area contributed by atoms with Crippen LogP contribution in [0.4, 0.5) is 0 Å². The first kappa shape index (κ1) is 12.6. The molecule has 1 aliphatic carbocycles. The smallest absolute Gasteiger partial charge is 0.308 e. The first-order chi connectivity index (χ1) is 8.08. The van der Waals surface area contributed by atoms with Crippen molar-refractivity contribution in [2.75, 3.05) is 0 Å². The third kappa shape index (κ3) is 2.87. The molecule has 92 valence electrons. The van der Waals surface area contributed by atoms with E-state index in [1.807, 2.05) is 12.1 Å². The van der Waals surface area contributed by atoms with Gasteiger partial charge in [0.1, 0.15) is 0 Å². The molecule has 1 aromatic rings. The molecule has 0 bridgehead atoms. The second-order valence-electron chi connectivity index (χ2n) is 4.57. The van der Waals surface area contributed by atoms with Crippen LogP contribution in [-0.2, 0) is 4.79 Å². The van der Waals surface area contributed by atoms with E-state index in [0.717, 1.165) is 17.3 Å². The second-order valence-corrected chi connectivity index (χ2v) is 5.49. The van der Waals surface area contributed by atoms with Gasteiger partial charge in [-0.15, -0.1) is 0 Å². The number of aliphatic carboxylic acids is 1. The van der Waals surface area contributed by atoms with Crippen LogP contribution in [0, 0.1) is 5.92 Å². The Kier molecular flexibility index (Phi) is 3.84. The lowest BCUT2D eigenvalue weighted by Crippen LogP contribution is -2.48. The Morgan fingerprint density at radius 3 is 2.82 bits per heavy atom. The van der Waals surface area contributed by atoms with Crippen molar-refractivity contribution < 1.29 is 9.90 Å². The molecule has 0 saturated heterocycles. The van der Waals surface area contributed by atoms with Gasteiger partial charge in [-0.25, -0.2) is 0 Å². The number of rotatable bonds is 4. The molecular formula is C13H16BrNO2. The lowest BCUT2D eigenvalue weighted by Gasteiger charge is -2.36. The highest BCUT2D eigenvalue weighted by molar-refractivity contribution is 9.10. The Bertz CT molecular complexity index is 422. The fourth-order valence-electron chi connectivity index (χ4n) is 2.19. The molecule has 1 fully saturated rings. The van der Waals surface area contributed by atoms with Crippen molar-refractivity contribution >= 4 is 21.9 Å². The van der Waals surface area contributed by atoms with E-state index in [9.17, 15) is 4.79 Å². The fraction of sp³-hybridized carbons (Fsp3) is 0.462. The van der Waals surface area contributed by atoms with Crippen LogP contribution in [0.1, 0.15) is 31.4 Å². The van der Waals surface area contributed by atoms with E-state index in [4.69, 9.17) is 5.11 Å². The molecule has 1 aliphatic rings. The summed E-state index contributed by atoms with van der Waals surface area (Å²) in [7, 11) is 0. The third-order valence-corrected chi connectivity index (χ3v) is 3.90. The summed E-state index contributed by atoms with van der Waals surface area (Å²) in [5.74, 6) is -0.903. The van der Waals surface area contributed by atoms with Crippen molar-refractivity contribution in [2.45, 2.75) is 31.8 Å². The molecule has 1 aromatic carbocycles. The molecule has 3 nitrogen and oxygen atoms in total. The second kappa shape index (κ2) is 5.19. The van der Waals surface area contributed by atoms with E-state index in [1.165, 1.54) is 5.56 Å². The monoisotopic (exact) mass is 297 g/mol. The molecule has 2 unspecified atom stereocenters. The first-order valence-corrected chi connectivity index (χ1v) is 6.61. The van der Waals surface area contributed by atoms with Gasteiger partial charge in [0.2, 0.25) is 0 Å². The van der Waals surface area contributed by atoms with E-state index in [-0.39, 0.29) is 18.0 Å². The molecule has 0 radical (unpaired) electrons. The summed E-state index contributed by atoms with van der Waals surface area (Å²) >= 11 is 3.44. The van der Waals surface area contributed by atoms with Gasteiger partial charge in [0.25, 0.3) is 0 Å². The normalized spacial score (nSPS) is 25.1. The summed E-state index contributed by atoms with van der Waals surface area (Å²) in [5, 5.41) is 12.4. The highest BCUT2D eigenvalue weighted by atomic mass is 79.9. The number of carboxylic acids is 1. The fourth-order valence-corrected chi connectivity index (χ4v) is 2.61. The average Bonchev–Trinajstić information content (AvgIpc) is 2.23. The molecule has 2 N–H and O–H groups in total. The van der Waals surface area contributed by atoms with E-state index in [1.54, 1.807) is 0 Å². The maximum atomic E-state index is 10.9. The first-order valence-electron chi connectivity index (χ1n) is 5.82. The van der Waals surface area contributed by atoms with Gasteiger partial charge in [0.15, 0.2) is 0 Å². The van der Waals surface area contributed by atoms with Crippen molar-refractivity contribution in [2.24, 2.45) is 5.92 Å². The molecule has 2 rings (SSSR count). The van der Waals surface area contributed by atoms with Gasteiger partial charge in [-0.05, 0) is 37.5 Å². The SMILES string of the molecule is C[C@@H](NC1CCC1C(=O)O)c1cccc(Br)c1. The molecular weight excluding hydrogens is 282 g/mol. The van der Waals surface area contributed by atoms with Gasteiger partial charge < -0.3 is 10.4 Å². The predicted octanol–water partition coefficient (Wildman–Crippen LogP) is 2.96. The number of hydrogen-bond donors (Lipinski definition) is 2. The Balaban J connectivity index is 1.98. The van der Waals surface area contributed by atoms with Crippen LogP contribution in [0.2, 0.25) is 0 Å². The molecule has 1 saturated carbocycles. The lowest BCUT2D eigenvalue weighted by molar-refractivity contribution is -0.146. The molecule has 0 aliphatic heterocycles. The maximum Gasteiger partial charge on any atom is 0.308 e. The van der Waals surface area contributed by atoms with Gasteiger partial charge >= 0.3 is 5.97 Å². The Hall–Kier alpha value is -0.870. The van der Waals surface area contributed by atoms with Gasteiger partial charge in [0, 0.05) is 16.6 Å². The molecule has 0 spiro atoms. The van der Waals surface area contributed by atoms with Crippen LogP contribution in [0.5, 0.6) is 0 Å². The van der Waals surface area contributed by atoms with Crippen LogP contribution in [0.25, 0.3) is 0 Å². The van der Waals surface area contributed by atoms with Crippen LogP contribution in [0.3, 0.4) is 0 Å². The van der Waals surface area contributed by atoms with E-state index in [2.05, 4.69) is 40.3 Å². The molecule has 0 heterocycles. The maximum absolute atomic E-state index is 10.9. The third-order valence-electron chi connectivity index (χ3n) is 3.40. The predicted molar refractivity (Wildman–Crippen MR) is 69.8 cm³/mol. The van der Waals surface area contributed by atoms with Crippen LogP contribution < -0.4 is 5.32 Å². The summed E-state index contributed by atoms with van der Waals surface area (Å²) in [6.07, 6.45) is 1.74. The average molecular weight is 298 g/mol. The van der Waals surface area contributed by atoms with Crippen LogP contribution >= 0.6 is 15.9 Å². The number of halogens is 1. The van der Waals surface area contributed by atoms with Crippen LogP contribution in [-0.4, -0.2) is 17.1 Å². The van der Waals surface area contributed by atoms with Gasteiger partial charge in [-0.2, -0.15) is 0 Å². The number of carbonyl (C=O) groups is 1. The summed E-state index contributed by atoms with van der Waals surface area (Å²) < 4.78 is 1.05. The Morgan fingerprint density at radius 2 is 2.29 bits per heavy atom. The molecule has 17 heavy (non-hydrogen) atoms. The zero-order valence-electron chi connectivity index (χ0n) is 9.69. The van der Waals surface area contributed by atoms with E-state index in [0.29, 0.717) is 0 Å². The molecule has 0 aromatic heterocycles. The summed E-state index contributed by atoms with van der Waals surface area (Å²) in [4.78, 5) is 10.9. The lowest BCUT2D eigenvalue weighted by atomic mass is 9.79. The molecule has 4 heteroatoms. The quantitative estimate of drug-likeness (QED) is 0.898. The van der Waals surface area contributed by atoms with E-state index >= 15 is 0 Å². The Morgan fingerprint density at radius 1 is 1.53 bits per heavy atom. The summed E-state index contributed by atoms with van der Waals surface area (Å²) in [6.45, 7) is 2.07. The van der Waals surface area contributed by atoms with Gasteiger partial charge in [0.05, 0.1) is 5.92 Å². The van der Waals surface area contributed by atoms with Crippen molar-refractivity contribution in [3.8, 4) is 0 Å². The number of hydrogen-bond acceptors (Lipinski definition) is 2. The van der Waals surface area contributed by atoms with Crippen LogP contribution in [0.15, 0.2) is 28.7 Å². The van der Waals surface area contributed by atoms with Crippen molar-refractivity contribution in [1.29, 1.82) is 0 Å².